The van der Waals surface area contributed by atoms with Gasteiger partial charge in [-0.2, -0.15) is 0 Å². The van der Waals surface area contributed by atoms with Crippen LogP contribution in [0.2, 0.25) is 10.0 Å². The Hall–Kier alpha value is -3.20. The van der Waals surface area contributed by atoms with E-state index in [2.05, 4.69) is 20.9 Å². The van der Waals surface area contributed by atoms with Gasteiger partial charge in [0.1, 0.15) is 6.61 Å². The highest BCUT2D eigenvalue weighted by Gasteiger charge is 2.49. The SMILES string of the molecule is COc1cc([C@H](c2c[nH]c3ccccc23)C2C(=O)OC(C)(C)OC2=O)cc(Br)c1OCc1ccc(Cl)cc1Cl. The predicted molar refractivity (Wildman–Crippen MR) is 151 cm³/mol. The monoisotopic (exact) mass is 631 g/mol. The molecule has 0 spiro atoms. The van der Waals surface area contributed by atoms with Gasteiger partial charge in [0.15, 0.2) is 17.4 Å². The second-order valence-electron chi connectivity index (χ2n) is 9.55. The number of halogens is 3. The molecule has 1 saturated heterocycles. The number of H-pyrrole nitrogens is 1. The Morgan fingerprint density at radius 3 is 2.46 bits per heavy atom. The summed E-state index contributed by atoms with van der Waals surface area (Å²) in [4.78, 5) is 29.8. The third-order valence-corrected chi connectivity index (χ3v) is 7.66. The molecule has 1 aliphatic heterocycles. The Balaban J connectivity index is 1.59. The summed E-state index contributed by atoms with van der Waals surface area (Å²) in [5.41, 5.74) is 2.96. The van der Waals surface area contributed by atoms with Gasteiger partial charge in [0.2, 0.25) is 0 Å². The summed E-state index contributed by atoms with van der Waals surface area (Å²) in [5, 5.41) is 1.87. The lowest BCUT2D eigenvalue weighted by atomic mass is 9.80. The number of methoxy groups -OCH3 is 1. The minimum absolute atomic E-state index is 0.159. The molecular weight excluding hydrogens is 609 g/mol. The van der Waals surface area contributed by atoms with E-state index in [1.165, 1.54) is 21.0 Å². The highest BCUT2D eigenvalue weighted by molar-refractivity contribution is 9.10. The van der Waals surface area contributed by atoms with E-state index < -0.39 is 29.6 Å². The van der Waals surface area contributed by atoms with E-state index in [9.17, 15) is 9.59 Å². The van der Waals surface area contributed by atoms with Crippen LogP contribution in [0.1, 0.15) is 36.5 Å². The number of aromatic nitrogens is 1. The molecule has 3 aromatic carbocycles. The van der Waals surface area contributed by atoms with Crippen LogP contribution in [0.4, 0.5) is 0 Å². The molecule has 1 aromatic heterocycles. The van der Waals surface area contributed by atoms with E-state index in [0.29, 0.717) is 31.6 Å². The van der Waals surface area contributed by atoms with Crippen LogP contribution in [-0.4, -0.2) is 29.8 Å². The fourth-order valence-corrected chi connectivity index (χ4v) is 5.79. The van der Waals surface area contributed by atoms with Gasteiger partial charge in [-0.15, -0.1) is 0 Å². The molecule has 1 N–H and O–H groups in total. The first-order valence-electron chi connectivity index (χ1n) is 12.0. The van der Waals surface area contributed by atoms with Gasteiger partial charge in [0.25, 0.3) is 5.79 Å². The van der Waals surface area contributed by atoms with Crippen LogP contribution in [0.15, 0.2) is 65.3 Å². The number of nitrogens with one attached hydrogen (secondary N) is 1. The van der Waals surface area contributed by atoms with E-state index in [1.807, 2.05) is 24.3 Å². The first kappa shape index (κ1) is 27.4. The van der Waals surface area contributed by atoms with E-state index in [1.54, 1.807) is 36.5 Å². The minimum Gasteiger partial charge on any atom is -0.493 e. The van der Waals surface area contributed by atoms with Crippen molar-refractivity contribution in [3.8, 4) is 11.5 Å². The highest BCUT2D eigenvalue weighted by atomic mass is 79.9. The van der Waals surface area contributed by atoms with E-state index in [-0.39, 0.29) is 6.61 Å². The van der Waals surface area contributed by atoms with E-state index >= 15 is 0 Å². The minimum atomic E-state index is -1.35. The van der Waals surface area contributed by atoms with Crippen molar-refractivity contribution in [2.24, 2.45) is 5.92 Å². The van der Waals surface area contributed by atoms with Crippen molar-refractivity contribution in [2.75, 3.05) is 7.11 Å². The largest absolute Gasteiger partial charge is 0.493 e. The van der Waals surface area contributed by atoms with Crippen molar-refractivity contribution in [3.05, 3.63) is 92.0 Å². The molecule has 202 valence electrons. The van der Waals surface area contributed by atoms with Crippen molar-refractivity contribution in [3.63, 3.8) is 0 Å². The smallest absolute Gasteiger partial charge is 0.324 e. The van der Waals surface area contributed by atoms with Crippen LogP contribution in [0, 0.1) is 5.92 Å². The quantitative estimate of drug-likeness (QED) is 0.169. The third-order valence-electron chi connectivity index (χ3n) is 6.49. The van der Waals surface area contributed by atoms with Crippen LogP contribution >= 0.6 is 39.1 Å². The Labute approximate surface area is 243 Å². The third kappa shape index (κ3) is 5.46. The van der Waals surface area contributed by atoms with E-state index in [0.717, 1.165) is 22.0 Å². The normalized spacial score (nSPS) is 16.1. The van der Waals surface area contributed by atoms with Gasteiger partial charge in [-0.25, -0.2) is 0 Å². The summed E-state index contributed by atoms with van der Waals surface area (Å²) in [5.74, 6) is -3.85. The molecule has 0 aliphatic carbocycles. The maximum Gasteiger partial charge on any atom is 0.324 e. The summed E-state index contributed by atoms with van der Waals surface area (Å²) >= 11 is 15.9. The number of ether oxygens (including phenoxy) is 4. The number of carbonyl (C=O) groups excluding carboxylic acids is 2. The first-order valence-corrected chi connectivity index (χ1v) is 13.6. The molecule has 2 heterocycles. The average Bonchev–Trinajstić information content (AvgIpc) is 3.29. The van der Waals surface area contributed by atoms with Crippen LogP contribution in [-0.2, 0) is 25.7 Å². The zero-order valence-electron chi connectivity index (χ0n) is 21.2. The van der Waals surface area contributed by atoms with Crippen LogP contribution < -0.4 is 9.47 Å². The van der Waals surface area contributed by atoms with Gasteiger partial charge < -0.3 is 23.9 Å². The number of esters is 2. The predicted octanol–water partition coefficient (Wildman–Crippen LogP) is 7.41. The first-order chi connectivity index (χ1) is 18.6. The van der Waals surface area contributed by atoms with Gasteiger partial charge in [-0.3, -0.25) is 9.59 Å². The molecule has 0 amide bonds. The lowest BCUT2D eigenvalue weighted by Crippen LogP contribution is -2.48. The Morgan fingerprint density at radius 2 is 1.77 bits per heavy atom. The lowest BCUT2D eigenvalue weighted by Gasteiger charge is -2.36. The fraction of sp³-hybridized carbons (Fsp3) is 0.241. The number of hydrogen-bond donors (Lipinski definition) is 1. The lowest BCUT2D eigenvalue weighted by molar-refractivity contribution is -0.240. The van der Waals surface area contributed by atoms with Crippen molar-refractivity contribution in [1.29, 1.82) is 0 Å². The number of carbonyl (C=O) groups is 2. The summed E-state index contributed by atoms with van der Waals surface area (Å²) in [6, 6.07) is 16.4. The second-order valence-corrected chi connectivity index (χ2v) is 11.2. The second kappa shape index (κ2) is 10.8. The van der Waals surface area contributed by atoms with Crippen molar-refractivity contribution in [2.45, 2.75) is 32.2 Å². The highest BCUT2D eigenvalue weighted by Crippen LogP contribution is 2.45. The molecule has 0 saturated carbocycles. The summed E-state index contributed by atoms with van der Waals surface area (Å²) in [6.07, 6.45) is 1.79. The molecule has 0 radical (unpaired) electrons. The van der Waals surface area contributed by atoms with Crippen molar-refractivity contribution < 1.29 is 28.5 Å². The molecule has 5 rings (SSSR count). The maximum atomic E-state index is 13.3. The van der Waals surface area contributed by atoms with Crippen LogP contribution in [0.25, 0.3) is 10.9 Å². The summed E-state index contributed by atoms with van der Waals surface area (Å²) < 4.78 is 23.3. The molecule has 1 fully saturated rings. The van der Waals surface area contributed by atoms with Crippen molar-refractivity contribution >= 4 is 62.0 Å². The molecule has 0 bridgehead atoms. The van der Waals surface area contributed by atoms with Gasteiger partial charge >= 0.3 is 11.9 Å². The number of cyclic esters (lactones) is 2. The molecule has 1 atom stereocenters. The van der Waals surface area contributed by atoms with Gasteiger partial charge in [0.05, 0.1) is 11.6 Å². The fourth-order valence-electron chi connectivity index (χ4n) is 4.75. The van der Waals surface area contributed by atoms with Gasteiger partial charge in [-0.1, -0.05) is 47.5 Å². The Morgan fingerprint density at radius 1 is 1.05 bits per heavy atom. The number of fused-ring (bicyclic) bond motifs is 1. The summed E-state index contributed by atoms with van der Waals surface area (Å²) in [7, 11) is 1.51. The number of para-hydroxylation sites is 1. The average molecular weight is 633 g/mol. The van der Waals surface area contributed by atoms with Crippen LogP contribution in [0.3, 0.4) is 0 Å². The molecule has 1 aliphatic rings. The zero-order valence-corrected chi connectivity index (χ0v) is 24.3. The Bertz CT molecular complexity index is 1560. The number of hydrogen-bond acceptors (Lipinski definition) is 6. The van der Waals surface area contributed by atoms with Crippen molar-refractivity contribution in [1.82, 2.24) is 4.98 Å². The summed E-state index contributed by atoms with van der Waals surface area (Å²) in [6.45, 7) is 3.21. The molecule has 39 heavy (non-hydrogen) atoms. The maximum absolute atomic E-state index is 13.3. The molecule has 7 nitrogen and oxygen atoms in total. The van der Waals surface area contributed by atoms with Crippen LogP contribution in [0.5, 0.6) is 11.5 Å². The van der Waals surface area contributed by atoms with Gasteiger partial charge in [0, 0.05) is 52.5 Å². The van der Waals surface area contributed by atoms with E-state index in [4.69, 9.17) is 42.1 Å². The molecule has 10 heteroatoms. The Kier molecular flexibility index (Phi) is 7.55. The topological polar surface area (TPSA) is 86.9 Å². The number of rotatable bonds is 7. The molecule has 0 unspecified atom stereocenters. The number of benzene rings is 3. The zero-order chi connectivity index (χ0) is 27.9. The standard InChI is InChI=1S/C29H24BrCl2NO6/c1-29(2)38-27(34)25(28(35)39-29)24(19-13-33-22-7-5-4-6-18(19)22)16-10-20(30)26(23(11-16)36-3)37-14-15-8-9-17(31)12-21(15)32/h4-13,24-25,33H,14H2,1-3H3/t24-/m1/s1. The van der Waals surface area contributed by atoms with Gasteiger partial charge in [-0.05, 0) is 57.4 Å². The molecular formula is C29H24BrCl2NO6. The molecule has 4 aromatic rings. The number of aromatic amines is 1.